The van der Waals surface area contributed by atoms with Crippen LogP contribution in [0.15, 0.2) is 4.42 Å². The zero-order valence-electron chi connectivity index (χ0n) is 11.9. The fourth-order valence-corrected chi connectivity index (χ4v) is 2.09. The fraction of sp³-hybridized carbons (Fsp3) is 0.643. The summed E-state index contributed by atoms with van der Waals surface area (Å²) in [5.41, 5.74) is 1.58. The molecule has 0 aliphatic heterocycles. The Balaban J connectivity index is 3.02. The predicted molar refractivity (Wildman–Crippen MR) is 70.8 cm³/mol. The Morgan fingerprint density at radius 3 is 2.28 bits per heavy atom. The molecule has 0 atom stereocenters. The molecule has 0 saturated heterocycles. The molecule has 0 bridgehead atoms. The van der Waals surface area contributed by atoms with Gasteiger partial charge < -0.3 is 14.4 Å². The lowest BCUT2D eigenvalue weighted by Gasteiger charge is -2.26. The Hall–Kier alpha value is -1.29. The van der Waals surface area contributed by atoms with E-state index in [1.807, 2.05) is 34.6 Å². The van der Waals surface area contributed by atoms with Gasteiger partial charge in [0, 0.05) is 24.8 Å². The van der Waals surface area contributed by atoms with Gasteiger partial charge in [0.05, 0.1) is 5.56 Å². The number of rotatable bonds is 5. The lowest BCUT2D eigenvalue weighted by molar-refractivity contribution is 0.0690. The van der Waals surface area contributed by atoms with Crippen LogP contribution >= 0.6 is 0 Å². The number of hydrogen-bond acceptors (Lipinski definition) is 3. The topological polar surface area (TPSA) is 53.7 Å². The van der Waals surface area contributed by atoms with Gasteiger partial charge in [0.2, 0.25) is 0 Å². The molecule has 0 fully saturated rings. The molecule has 1 rings (SSSR count). The van der Waals surface area contributed by atoms with Crippen LogP contribution in [0.1, 0.15) is 47.7 Å². The Morgan fingerprint density at radius 2 is 1.89 bits per heavy atom. The largest absolute Gasteiger partial charge is 0.466 e. The molecule has 0 aliphatic carbocycles. The first-order valence-electron chi connectivity index (χ1n) is 6.38. The molecule has 0 aliphatic rings. The van der Waals surface area contributed by atoms with E-state index in [9.17, 15) is 4.79 Å². The minimum Gasteiger partial charge on any atom is -0.466 e. The van der Waals surface area contributed by atoms with Gasteiger partial charge in [-0.15, -0.1) is 0 Å². The molecule has 102 valence electrons. The van der Waals surface area contributed by atoms with Crippen LogP contribution in [0.5, 0.6) is 0 Å². The predicted octanol–water partition coefficient (Wildman–Crippen LogP) is 2.44. The van der Waals surface area contributed by atoms with Crippen molar-refractivity contribution < 1.29 is 14.3 Å². The van der Waals surface area contributed by atoms with Gasteiger partial charge in [-0.2, -0.15) is 0 Å². The first kappa shape index (κ1) is 14.8. The molecule has 0 unspecified atom stereocenters. The summed E-state index contributed by atoms with van der Waals surface area (Å²) in [4.78, 5) is 14.3. The molecule has 0 aromatic carbocycles. The molecule has 4 heteroatoms. The van der Waals surface area contributed by atoms with Crippen molar-refractivity contribution in [1.29, 1.82) is 0 Å². The fourth-order valence-electron chi connectivity index (χ4n) is 2.09. The molecule has 1 amide bonds. The number of furan rings is 1. The van der Waals surface area contributed by atoms with Gasteiger partial charge in [-0.1, -0.05) is 0 Å². The maximum atomic E-state index is 12.5. The third-order valence-electron chi connectivity index (χ3n) is 3.22. The second-order valence-corrected chi connectivity index (χ2v) is 4.88. The van der Waals surface area contributed by atoms with E-state index in [0.717, 1.165) is 11.3 Å². The summed E-state index contributed by atoms with van der Waals surface area (Å²) in [5, 5.41) is 8.91. The first-order valence-corrected chi connectivity index (χ1v) is 6.38. The number of amides is 1. The van der Waals surface area contributed by atoms with Gasteiger partial charge in [0.15, 0.2) is 0 Å². The lowest BCUT2D eigenvalue weighted by Crippen LogP contribution is -2.38. The van der Waals surface area contributed by atoms with Crippen molar-refractivity contribution in [1.82, 2.24) is 4.90 Å². The van der Waals surface area contributed by atoms with Crippen molar-refractivity contribution in [2.75, 3.05) is 13.2 Å². The van der Waals surface area contributed by atoms with E-state index in [1.165, 1.54) is 0 Å². The van der Waals surface area contributed by atoms with Gasteiger partial charge in [0.1, 0.15) is 11.5 Å². The quantitative estimate of drug-likeness (QED) is 0.877. The van der Waals surface area contributed by atoms with E-state index >= 15 is 0 Å². The van der Waals surface area contributed by atoms with Crippen LogP contribution in [-0.4, -0.2) is 35.1 Å². The summed E-state index contributed by atoms with van der Waals surface area (Å²) in [6.07, 6.45) is 0.596. The average Bonchev–Trinajstić information content (AvgIpc) is 2.53. The zero-order valence-corrected chi connectivity index (χ0v) is 11.9. The number of nitrogens with zero attached hydrogens (tertiary/aromatic N) is 1. The maximum absolute atomic E-state index is 12.5. The van der Waals surface area contributed by atoms with Crippen LogP contribution in [0.2, 0.25) is 0 Å². The Labute approximate surface area is 109 Å². The number of hydrogen-bond donors (Lipinski definition) is 1. The van der Waals surface area contributed by atoms with Crippen LogP contribution < -0.4 is 0 Å². The smallest absolute Gasteiger partial charge is 0.257 e. The molecule has 0 spiro atoms. The van der Waals surface area contributed by atoms with Crippen LogP contribution in [0.3, 0.4) is 0 Å². The Kier molecular flexibility index (Phi) is 4.96. The van der Waals surface area contributed by atoms with Crippen LogP contribution in [0, 0.1) is 20.8 Å². The Morgan fingerprint density at radius 1 is 1.28 bits per heavy atom. The number of carbonyl (C=O) groups excluding carboxylic acids is 1. The van der Waals surface area contributed by atoms with Crippen molar-refractivity contribution >= 4 is 5.91 Å². The SMILES string of the molecule is Cc1oc(C)c(C(=O)N(CCCO)C(C)C)c1C. The highest BCUT2D eigenvalue weighted by Crippen LogP contribution is 2.23. The van der Waals surface area contributed by atoms with Crippen LogP contribution in [-0.2, 0) is 0 Å². The van der Waals surface area contributed by atoms with E-state index in [1.54, 1.807) is 4.90 Å². The van der Waals surface area contributed by atoms with Crippen LogP contribution in [0.4, 0.5) is 0 Å². The zero-order chi connectivity index (χ0) is 13.9. The van der Waals surface area contributed by atoms with E-state index in [2.05, 4.69) is 0 Å². The third-order valence-corrected chi connectivity index (χ3v) is 3.22. The minimum atomic E-state index is -0.00898. The Bertz CT molecular complexity index is 421. The molecule has 1 aromatic heterocycles. The van der Waals surface area contributed by atoms with Crippen molar-refractivity contribution in [2.24, 2.45) is 0 Å². The summed E-state index contributed by atoms with van der Waals surface area (Å²) >= 11 is 0. The standard InChI is InChI=1S/C14H23NO3/c1-9(2)15(7-6-8-16)14(17)13-10(3)11(4)18-12(13)5/h9,16H,6-8H2,1-5H3. The highest BCUT2D eigenvalue weighted by atomic mass is 16.3. The van der Waals surface area contributed by atoms with E-state index in [-0.39, 0.29) is 18.6 Å². The van der Waals surface area contributed by atoms with Gasteiger partial charge in [-0.05, 0) is 41.0 Å². The number of aliphatic hydroxyl groups excluding tert-OH is 1. The van der Waals surface area contributed by atoms with Gasteiger partial charge >= 0.3 is 0 Å². The molecule has 1 heterocycles. The summed E-state index contributed by atoms with van der Waals surface area (Å²) < 4.78 is 5.50. The highest BCUT2D eigenvalue weighted by molar-refractivity contribution is 5.97. The molecule has 1 N–H and O–H groups in total. The molecule has 4 nitrogen and oxygen atoms in total. The molecule has 0 radical (unpaired) electrons. The average molecular weight is 253 g/mol. The summed E-state index contributed by atoms with van der Waals surface area (Å²) in [6.45, 7) is 10.2. The molecule has 18 heavy (non-hydrogen) atoms. The van der Waals surface area contributed by atoms with Gasteiger partial charge in [-0.3, -0.25) is 4.79 Å². The second-order valence-electron chi connectivity index (χ2n) is 4.88. The van der Waals surface area contributed by atoms with E-state index < -0.39 is 0 Å². The van der Waals surface area contributed by atoms with Crippen molar-refractivity contribution in [3.8, 4) is 0 Å². The summed E-state index contributed by atoms with van der Waals surface area (Å²) in [6, 6.07) is 0.109. The van der Waals surface area contributed by atoms with Crippen molar-refractivity contribution in [2.45, 2.75) is 47.1 Å². The minimum absolute atomic E-state index is 0.00898. The monoisotopic (exact) mass is 253 g/mol. The second kappa shape index (κ2) is 6.05. The summed E-state index contributed by atoms with van der Waals surface area (Å²) in [7, 11) is 0. The van der Waals surface area contributed by atoms with Crippen molar-refractivity contribution in [3.05, 3.63) is 22.6 Å². The molecule has 0 saturated carbocycles. The maximum Gasteiger partial charge on any atom is 0.257 e. The lowest BCUT2D eigenvalue weighted by atomic mass is 10.1. The van der Waals surface area contributed by atoms with Crippen molar-refractivity contribution in [3.63, 3.8) is 0 Å². The van der Waals surface area contributed by atoms with Gasteiger partial charge in [0.25, 0.3) is 5.91 Å². The van der Waals surface area contributed by atoms with E-state index in [0.29, 0.717) is 24.3 Å². The summed E-state index contributed by atoms with van der Waals surface area (Å²) in [5.74, 6) is 1.46. The van der Waals surface area contributed by atoms with Gasteiger partial charge in [-0.25, -0.2) is 0 Å². The van der Waals surface area contributed by atoms with E-state index in [4.69, 9.17) is 9.52 Å². The number of carbonyl (C=O) groups is 1. The number of aliphatic hydroxyl groups is 1. The first-order chi connectivity index (χ1) is 8.40. The third kappa shape index (κ3) is 2.93. The highest BCUT2D eigenvalue weighted by Gasteiger charge is 2.25. The van der Waals surface area contributed by atoms with Crippen LogP contribution in [0.25, 0.3) is 0 Å². The normalized spacial score (nSPS) is 11.1. The molecular formula is C14H23NO3. The number of aryl methyl sites for hydroxylation is 2. The molecular weight excluding hydrogens is 230 g/mol. The molecule has 1 aromatic rings.